The molecular formula is C19H25Cl2N3O5S. The summed E-state index contributed by atoms with van der Waals surface area (Å²) in [5, 5.41) is 10.3. The SMILES string of the molecule is CC[C@H](C)[C@@H](NC(=O)OC(C)(C)C)c1nnc(S(=O)(=O)Cc2ccc(Cl)c(Cl)c2)o1. The second-order valence-electron chi connectivity index (χ2n) is 7.92. The van der Waals surface area contributed by atoms with Gasteiger partial charge >= 0.3 is 11.3 Å². The Labute approximate surface area is 186 Å². The van der Waals surface area contributed by atoms with Gasteiger partial charge in [0.1, 0.15) is 11.6 Å². The zero-order valence-corrected chi connectivity index (χ0v) is 19.7. The van der Waals surface area contributed by atoms with Gasteiger partial charge in [0.2, 0.25) is 15.7 Å². The number of halogens is 2. The third-order valence-electron chi connectivity index (χ3n) is 4.18. The molecule has 2 atom stereocenters. The first kappa shape index (κ1) is 24.4. The number of benzene rings is 1. The van der Waals surface area contributed by atoms with E-state index in [2.05, 4.69) is 15.5 Å². The molecule has 8 nitrogen and oxygen atoms in total. The lowest BCUT2D eigenvalue weighted by Gasteiger charge is -2.24. The van der Waals surface area contributed by atoms with E-state index in [1.807, 2.05) is 13.8 Å². The molecule has 0 bridgehead atoms. The van der Waals surface area contributed by atoms with Crippen molar-refractivity contribution in [3.63, 3.8) is 0 Å². The number of nitrogens with one attached hydrogen (secondary N) is 1. The van der Waals surface area contributed by atoms with Crippen LogP contribution in [-0.4, -0.2) is 30.3 Å². The van der Waals surface area contributed by atoms with E-state index in [4.69, 9.17) is 32.4 Å². The van der Waals surface area contributed by atoms with Crippen LogP contribution in [0.4, 0.5) is 4.79 Å². The number of aromatic nitrogens is 2. The predicted molar refractivity (Wildman–Crippen MR) is 113 cm³/mol. The van der Waals surface area contributed by atoms with Crippen molar-refractivity contribution in [2.45, 2.75) is 63.7 Å². The maximum absolute atomic E-state index is 12.7. The summed E-state index contributed by atoms with van der Waals surface area (Å²) < 4.78 is 36.1. The summed E-state index contributed by atoms with van der Waals surface area (Å²) in [5.74, 6) is -0.509. The Kier molecular flexibility index (Phi) is 7.76. The molecule has 1 aromatic carbocycles. The van der Waals surface area contributed by atoms with Gasteiger partial charge in [0.15, 0.2) is 0 Å². The van der Waals surface area contributed by atoms with E-state index in [0.717, 1.165) is 0 Å². The Bertz CT molecular complexity index is 1000. The second-order valence-corrected chi connectivity index (χ2v) is 10.6. The molecule has 30 heavy (non-hydrogen) atoms. The van der Waals surface area contributed by atoms with E-state index in [1.165, 1.54) is 12.1 Å². The summed E-state index contributed by atoms with van der Waals surface area (Å²) >= 11 is 11.8. The van der Waals surface area contributed by atoms with Gasteiger partial charge in [0.25, 0.3) is 0 Å². The van der Waals surface area contributed by atoms with Crippen LogP contribution in [0.15, 0.2) is 27.8 Å². The maximum atomic E-state index is 12.7. The number of carbonyl (C=O) groups is 1. The first-order chi connectivity index (χ1) is 13.8. The Morgan fingerprint density at radius 1 is 1.23 bits per heavy atom. The van der Waals surface area contributed by atoms with Gasteiger partial charge in [-0.2, -0.15) is 0 Å². The van der Waals surface area contributed by atoms with Gasteiger partial charge in [0, 0.05) is 0 Å². The summed E-state index contributed by atoms with van der Waals surface area (Å²) in [4.78, 5) is 12.2. The fraction of sp³-hybridized carbons (Fsp3) is 0.526. The van der Waals surface area contributed by atoms with Gasteiger partial charge in [-0.25, -0.2) is 13.2 Å². The lowest BCUT2D eigenvalue weighted by Crippen LogP contribution is -2.37. The molecule has 2 rings (SSSR count). The van der Waals surface area contributed by atoms with E-state index < -0.39 is 32.8 Å². The van der Waals surface area contributed by atoms with Crippen molar-refractivity contribution in [3.8, 4) is 0 Å². The fourth-order valence-corrected chi connectivity index (χ4v) is 3.94. The third kappa shape index (κ3) is 6.58. The number of ether oxygens (including phenoxy) is 1. The molecule has 0 aliphatic carbocycles. The summed E-state index contributed by atoms with van der Waals surface area (Å²) in [7, 11) is -3.93. The number of nitrogens with zero attached hydrogens (tertiary/aromatic N) is 2. The van der Waals surface area contributed by atoms with Crippen LogP contribution in [0.2, 0.25) is 10.0 Å². The zero-order valence-electron chi connectivity index (χ0n) is 17.4. The van der Waals surface area contributed by atoms with Crippen LogP contribution < -0.4 is 5.32 Å². The number of hydrogen-bond donors (Lipinski definition) is 1. The van der Waals surface area contributed by atoms with Crippen molar-refractivity contribution in [3.05, 3.63) is 39.7 Å². The molecular weight excluding hydrogens is 453 g/mol. The molecule has 0 fully saturated rings. The summed E-state index contributed by atoms with van der Waals surface area (Å²) in [6.45, 7) is 9.02. The highest BCUT2D eigenvalue weighted by molar-refractivity contribution is 7.90. The number of alkyl carbamates (subject to hydrolysis) is 1. The normalized spacial score (nSPS) is 14.2. The van der Waals surface area contributed by atoms with Gasteiger partial charge in [-0.15, -0.1) is 5.10 Å². The van der Waals surface area contributed by atoms with Crippen molar-refractivity contribution >= 4 is 39.1 Å². The first-order valence-corrected chi connectivity index (χ1v) is 11.7. The van der Waals surface area contributed by atoms with Crippen LogP contribution in [0.25, 0.3) is 0 Å². The molecule has 0 saturated heterocycles. The minimum atomic E-state index is -3.93. The predicted octanol–water partition coefficient (Wildman–Crippen LogP) is 4.96. The number of sulfone groups is 1. The molecule has 0 unspecified atom stereocenters. The molecule has 2 aromatic rings. The largest absolute Gasteiger partial charge is 0.444 e. The highest BCUT2D eigenvalue weighted by Crippen LogP contribution is 2.28. The van der Waals surface area contributed by atoms with Crippen molar-refractivity contribution in [2.24, 2.45) is 5.92 Å². The number of rotatable bonds is 7. The average Bonchev–Trinajstić information content (AvgIpc) is 3.11. The highest BCUT2D eigenvalue weighted by Gasteiger charge is 2.31. The molecule has 0 spiro atoms. The Morgan fingerprint density at radius 2 is 1.90 bits per heavy atom. The van der Waals surface area contributed by atoms with Gasteiger partial charge in [-0.3, -0.25) is 0 Å². The molecule has 1 amide bonds. The molecule has 1 heterocycles. The monoisotopic (exact) mass is 477 g/mol. The van der Waals surface area contributed by atoms with Gasteiger partial charge in [0.05, 0.1) is 15.8 Å². The molecule has 166 valence electrons. The van der Waals surface area contributed by atoms with Gasteiger partial charge in [-0.1, -0.05) is 54.6 Å². The number of carbonyl (C=O) groups excluding carboxylic acids is 1. The Balaban J connectivity index is 2.25. The minimum absolute atomic E-state index is 0.0112. The summed E-state index contributed by atoms with van der Waals surface area (Å²) in [5.41, 5.74) is -0.262. The first-order valence-electron chi connectivity index (χ1n) is 9.32. The topological polar surface area (TPSA) is 111 Å². The number of amides is 1. The van der Waals surface area contributed by atoms with E-state index >= 15 is 0 Å². The summed E-state index contributed by atoms with van der Waals surface area (Å²) in [6.07, 6.45) is 0.0139. The smallest absolute Gasteiger partial charge is 0.408 e. The van der Waals surface area contributed by atoms with Crippen molar-refractivity contribution in [2.75, 3.05) is 0 Å². The fourth-order valence-electron chi connectivity index (χ4n) is 2.50. The molecule has 0 saturated carbocycles. The lowest BCUT2D eigenvalue weighted by molar-refractivity contribution is 0.0473. The van der Waals surface area contributed by atoms with E-state index in [9.17, 15) is 13.2 Å². The van der Waals surface area contributed by atoms with Crippen molar-refractivity contribution in [1.29, 1.82) is 0 Å². The van der Waals surface area contributed by atoms with Crippen LogP contribution in [0.3, 0.4) is 0 Å². The van der Waals surface area contributed by atoms with Gasteiger partial charge in [-0.05, 0) is 44.4 Å². The van der Waals surface area contributed by atoms with Crippen LogP contribution in [0, 0.1) is 5.92 Å². The van der Waals surface area contributed by atoms with Gasteiger partial charge < -0.3 is 14.5 Å². The Morgan fingerprint density at radius 3 is 2.47 bits per heavy atom. The Hall–Kier alpha value is -1.84. The quantitative estimate of drug-likeness (QED) is 0.599. The van der Waals surface area contributed by atoms with Crippen LogP contribution >= 0.6 is 23.2 Å². The zero-order chi connectivity index (χ0) is 22.7. The molecule has 0 radical (unpaired) electrons. The molecule has 0 aliphatic rings. The molecule has 0 aliphatic heterocycles. The summed E-state index contributed by atoms with van der Waals surface area (Å²) in [6, 6.07) is 3.82. The average molecular weight is 478 g/mol. The molecule has 1 N–H and O–H groups in total. The highest BCUT2D eigenvalue weighted by atomic mass is 35.5. The van der Waals surface area contributed by atoms with E-state index in [-0.39, 0.29) is 22.6 Å². The second kappa shape index (κ2) is 9.53. The lowest BCUT2D eigenvalue weighted by atomic mass is 9.99. The van der Waals surface area contributed by atoms with Crippen LogP contribution in [0.1, 0.15) is 58.5 Å². The van der Waals surface area contributed by atoms with E-state index in [0.29, 0.717) is 17.0 Å². The van der Waals surface area contributed by atoms with E-state index in [1.54, 1.807) is 26.8 Å². The van der Waals surface area contributed by atoms with Crippen LogP contribution in [-0.2, 0) is 20.3 Å². The minimum Gasteiger partial charge on any atom is -0.444 e. The van der Waals surface area contributed by atoms with Crippen LogP contribution in [0.5, 0.6) is 0 Å². The standard InChI is InChI=1S/C19H25Cl2N3O5S/c1-6-11(2)15(22-17(25)29-19(3,4)5)16-23-24-18(28-16)30(26,27)10-12-7-8-13(20)14(21)9-12/h7-9,11,15H,6,10H2,1-5H3,(H,22,25)/t11-,15+/m0/s1. The van der Waals surface area contributed by atoms with Crippen molar-refractivity contribution < 1.29 is 22.4 Å². The third-order valence-corrected chi connectivity index (χ3v) is 6.33. The van der Waals surface area contributed by atoms with Crippen molar-refractivity contribution in [1.82, 2.24) is 15.5 Å². The number of hydrogen-bond acceptors (Lipinski definition) is 7. The molecule has 11 heteroatoms. The maximum Gasteiger partial charge on any atom is 0.408 e. The molecule has 1 aromatic heterocycles.